The number of H-pyrrole nitrogens is 1. The van der Waals surface area contributed by atoms with E-state index in [1.807, 2.05) is 18.2 Å². The van der Waals surface area contributed by atoms with Gasteiger partial charge in [0.1, 0.15) is 0 Å². The third kappa shape index (κ3) is 3.26. The predicted octanol–water partition coefficient (Wildman–Crippen LogP) is 3.41. The van der Waals surface area contributed by atoms with Gasteiger partial charge in [0.25, 0.3) is 0 Å². The van der Waals surface area contributed by atoms with Crippen molar-refractivity contribution < 1.29 is 4.79 Å². The molecule has 0 spiro atoms. The second-order valence-corrected chi connectivity index (χ2v) is 5.24. The minimum Gasteiger partial charge on any atom is -0.333 e. The van der Waals surface area contributed by atoms with Gasteiger partial charge < -0.3 is 10.3 Å². The Morgan fingerprint density at radius 3 is 3.06 bits per heavy atom. The van der Waals surface area contributed by atoms with Crippen LogP contribution in [0.5, 0.6) is 0 Å². The fourth-order valence-electron chi connectivity index (χ4n) is 1.65. The van der Waals surface area contributed by atoms with Crippen LogP contribution in [0, 0.1) is 0 Å². The molecule has 2 N–H and O–H groups in total. The lowest BCUT2D eigenvalue weighted by molar-refractivity contribution is -0.114. The molecule has 1 aromatic carbocycles. The molecule has 0 saturated heterocycles. The van der Waals surface area contributed by atoms with Crippen molar-refractivity contribution in [1.29, 1.82) is 0 Å². The van der Waals surface area contributed by atoms with Gasteiger partial charge in [0.2, 0.25) is 5.91 Å². The average molecular weight is 263 g/mol. The topological polar surface area (TPSA) is 57.8 Å². The Kier molecular flexibility index (Phi) is 4.25. The second kappa shape index (κ2) is 5.91. The Labute approximate surface area is 111 Å². The van der Waals surface area contributed by atoms with Gasteiger partial charge in [-0.3, -0.25) is 4.79 Å². The molecule has 5 heteroatoms. The molecule has 1 heterocycles. The maximum absolute atomic E-state index is 11.0. The van der Waals surface area contributed by atoms with Crippen molar-refractivity contribution in [2.24, 2.45) is 0 Å². The highest BCUT2D eigenvalue weighted by atomic mass is 32.2. The Morgan fingerprint density at radius 2 is 2.33 bits per heavy atom. The first-order chi connectivity index (χ1) is 8.69. The highest BCUT2D eigenvalue weighted by Crippen LogP contribution is 2.22. The quantitative estimate of drug-likeness (QED) is 0.642. The van der Waals surface area contributed by atoms with Crippen molar-refractivity contribution in [3.8, 4) is 0 Å². The zero-order valence-electron chi connectivity index (χ0n) is 10.6. The minimum absolute atomic E-state index is 0.0635. The summed E-state index contributed by atoms with van der Waals surface area (Å²) in [6.45, 7) is 3.68. The number of unbranched alkanes of at least 4 members (excludes halogenated alkanes) is 1. The van der Waals surface area contributed by atoms with Crippen LogP contribution in [0.2, 0.25) is 0 Å². The molecule has 96 valence electrons. The molecule has 1 aromatic heterocycles. The molecule has 4 nitrogen and oxygen atoms in total. The van der Waals surface area contributed by atoms with Gasteiger partial charge in [-0.25, -0.2) is 4.98 Å². The van der Waals surface area contributed by atoms with Gasteiger partial charge in [-0.15, -0.1) is 0 Å². The Bertz CT molecular complexity index is 550. The summed E-state index contributed by atoms with van der Waals surface area (Å²) in [5.74, 6) is 1.01. The molecule has 0 atom stereocenters. The third-order valence-electron chi connectivity index (χ3n) is 2.52. The fourth-order valence-corrected chi connectivity index (χ4v) is 2.62. The van der Waals surface area contributed by atoms with E-state index >= 15 is 0 Å². The number of thioether (sulfide) groups is 1. The van der Waals surface area contributed by atoms with E-state index in [1.165, 1.54) is 19.8 Å². The summed E-state index contributed by atoms with van der Waals surface area (Å²) in [7, 11) is 0. The number of nitrogens with zero attached hydrogens (tertiary/aromatic N) is 1. The Morgan fingerprint density at radius 1 is 1.50 bits per heavy atom. The SMILES string of the molecule is CCCCSc1nc2ccc(NC(C)=O)cc2[nH]1. The molecular weight excluding hydrogens is 246 g/mol. The number of rotatable bonds is 5. The van der Waals surface area contributed by atoms with Gasteiger partial charge in [0, 0.05) is 18.4 Å². The summed E-state index contributed by atoms with van der Waals surface area (Å²) in [6, 6.07) is 5.69. The molecule has 2 aromatic rings. The molecule has 0 unspecified atom stereocenters. The molecule has 0 radical (unpaired) electrons. The fraction of sp³-hybridized carbons (Fsp3) is 0.385. The van der Waals surface area contributed by atoms with Crippen LogP contribution in [-0.4, -0.2) is 21.6 Å². The van der Waals surface area contributed by atoms with Gasteiger partial charge >= 0.3 is 0 Å². The normalized spacial score (nSPS) is 10.8. The summed E-state index contributed by atoms with van der Waals surface area (Å²) in [5, 5.41) is 3.71. The highest BCUT2D eigenvalue weighted by Gasteiger charge is 2.04. The summed E-state index contributed by atoms with van der Waals surface area (Å²) >= 11 is 1.74. The Hall–Kier alpha value is -1.49. The van der Waals surface area contributed by atoms with Gasteiger partial charge in [-0.05, 0) is 24.6 Å². The molecule has 0 aliphatic carbocycles. The number of amides is 1. The summed E-state index contributed by atoms with van der Waals surface area (Å²) in [5.41, 5.74) is 2.69. The van der Waals surface area contributed by atoms with E-state index in [0.29, 0.717) is 0 Å². The standard InChI is InChI=1S/C13H17N3OS/c1-3-4-7-18-13-15-11-6-5-10(14-9(2)17)8-12(11)16-13/h5-6,8H,3-4,7H2,1-2H3,(H,14,17)(H,15,16). The Balaban J connectivity index is 2.14. The van der Waals surface area contributed by atoms with Crippen LogP contribution in [0.1, 0.15) is 26.7 Å². The maximum Gasteiger partial charge on any atom is 0.221 e. The number of imidazole rings is 1. The van der Waals surface area contributed by atoms with Crippen LogP contribution in [0.15, 0.2) is 23.4 Å². The van der Waals surface area contributed by atoms with Crippen molar-refractivity contribution in [3.05, 3.63) is 18.2 Å². The zero-order chi connectivity index (χ0) is 13.0. The number of nitrogens with one attached hydrogen (secondary N) is 2. The molecule has 18 heavy (non-hydrogen) atoms. The molecular formula is C13H17N3OS. The van der Waals surface area contributed by atoms with E-state index in [9.17, 15) is 4.79 Å². The van der Waals surface area contributed by atoms with E-state index in [2.05, 4.69) is 22.2 Å². The first kappa shape index (κ1) is 13.0. The lowest BCUT2D eigenvalue weighted by Gasteiger charge is -2.00. The van der Waals surface area contributed by atoms with Crippen LogP contribution in [-0.2, 0) is 4.79 Å². The number of benzene rings is 1. The number of carbonyl (C=O) groups excluding carboxylic acids is 1. The number of carbonyl (C=O) groups is 1. The number of hydrogen-bond donors (Lipinski definition) is 2. The lowest BCUT2D eigenvalue weighted by Crippen LogP contribution is -2.05. The van der Waals surface area contributed by atoms with E-state index in [4.69, 9.17) is 0 Å². The molecule has 0 bridgehead atoms. The first-order valence-electron chi connectivity index (χ1n) is 6.09. The second-order valence-electron chi connectivity index (χ2n) is 4.16. The highest BCUT2D eigenvalue weighted by molar-refractivity contribution is 7.99. The van der Waals surface area contributed by atoms with Crippen LogP contribution >= 0.6 is 11.8 Å². The smallest absolute Gasteiger partial charge is 0.221 e. The van der Waals surface area contributed by atoms with Gasteiger partial charge in [-0.1, -0.05) is 25.1 Å². The largest absolute Gasteiger partial charge is 0.333 e. The van der Waals surface area contributed by atoms with Crippen LogP contribution in [0.4, 0.5) is 5.69 Å². The van der Waals surface area contributed by atoms with Crippen molar-refractivity contribution in [2.45, 2.75) is 31.8 Å². The molecule has 0 fully saturated rings. The van der Waals surface area contributed by atoms with E-state index in [0.717, 1.165) is 27.6 Å². The van der Waals surface area contributed by atoms with Gasteiger partial charge in [0.05, 0.1) is 11.0 Å². The summed E-state index contributed by atoms with van der Waals surface area (Å²) < 4.78 is 0. The number of anilines is 1. The predicted molar refractivity (Wildman–Crippen MR) is 76.0 cm³/mol. The lowest BCUT2D eigenvalue weighted by atomic mass is 10.3. The maximum atomic E-state index is 11.0. The van der Waals surface area contributed by atoms with Gasteiger partial charge in [0.15, 0.2) is 5.16 Å². The van der Waals surface area contributed by atoms with Crippen molar-refractivity contribution >= 4 is 34.4 Å². The number of hydrogen-bond acceptors (Lipinski definition) is 3. The molecule has 0 saturated carbocycles. The average Bonchev–Trinajstić information content (AvgIpc) is 2.70. The molecule has 1 amide bonds. The summed E-state index contributed by atoms with van der Waals surface area (Å²) in [4.78, 5) is 18.8. The zero-order valence-corrected chi connectivity index (χ0v) is 11.4. The number of aromatic amines is 1. The van der Waals surface area contributed by atoms with Crippen molar-refractivity contribution in [2.75, 3.05) is 11.1 Å². The molecule has 0 aliphatic heterocycles. The first-order valence-corrected chi connectivity index (χ1v) is 7.07. The molecule has 2 rings (SSSR count). The van der Waals surface area contributed by atoms with Crippen LogP contribution in [0.25, 0.3) is 11.0 Å². The minimum atomic E-state index is -0.0635. The van der Waals surface area contributed by atoms with E-state index in [1.54, 1.807) is 11.8 Å². The van der Waals surface area contributed by atoms with Crippen molar-refractivity contribution in [3.63, 3.8) is 0 Å². The van der Waals surface area contributed by atoms with Crippen molar-refractivity contribution in [1.82, 2.24) is 9.97 Å². The van der Waals surface area contributed by atoms with Crippen LogP contribution in [0.3, 0.4) is 0 Å². The van der Waals surface area contributed by atoms with Gasteiger partial charge in [-0.2, -0.15) is 0 Å². The monoisotopic (exact) mass is 263 g/mol. The number of fused-ring (bicyclic) bond motifs is 1. The van der Waals surface area contributed by atoms with E-state index < -0.39 is 0 Å². The number of aromatic nitrogens is 2. The molecule has 0 aliphatic rings. The van der Waals surface area contributed by atoms with Crippen LogP contribution < -0.4 is 5.32 Å². The third-order valence-corrected chi connectivity index (χ3v) is 3.48. The van der Waals surface area contributed by atoms with E-state index in [-0.39, 0.29) is 5.91 Å². The summed E-state index contributed by atoms with van der Waals surface area (Å²) in [6.07, 6.45) is 2.39.